The van der Waals surface area contributed by atoms with Crippen molar-refractivity contribution in [1.82, 2.24) is 5.32 Å². The third-order valence-corrected chi connectivity index (χ3v) is 5.15. The summed E-state index contributed by atoms with van der Waals surface area (Å²) in [7, 11) is 0. The van der Waals surface area contributed by atoms with Gasteiger partial charge >= 0.3 is 0 Å². The minimum atomic E-state index is 0.0968. The maximum atomic E-state index is 3.94. The molecule has 1 aliphatic rings. The molecule has 2 aromatic rings. The van der Waals surface area contributed by atoms with Gasteiger partial charge in [-0.3, -0.25) is 0 Å². The molecule has 0 unspecified atom stereocenters. The Bertz CT molecular complexity index is 719. The topological polar surface area (TPSA) is 12.0 Å². The molecule has 0 aromatic heterocycles. The van der Waals surface area contributed by atoms with Crippen LogP contribution >= 0.6 is 0 Å². The van der Waals surface area contributed by atoms with E-state index in [2.05, 4.69) is 83.3 Å². The first-order valence-electron chi connectivity index (χ1n) is 9.19. The molecule has 1 aliphatic carbocycles. The van der Waals surface area contributed by atoms with Gasteiger partial charge in [0.2, 0.25) is 0 Å². The highest BCUT2D eigenvalue weighted by Crippen LogP contribution is 2.43. The Kier molecular flexibility index (Phi) is 4.57. The van der Waals surface area contributed by atoms with Gasteiger partial charge in [0.25, 0.3) is 0 Å². The summed E-state index contributed by atoms with van der Waals surface area (Å²) in [6, 6.07) is 14.3. The highest BCUT2D eigenvalue weighted by atomic mass is 15.0. The number of aryl methyl sites for hydroxylation is 4. The summed E-state index contributed by atoms with van der Waals surface area (Å²) >= 11 is 0. The van der Waals surface area contributed by atoms with Crippen LogP contribution in [0.1, 0.15) is 72.5 Å². The Balaban J connectivity index is 2.08. The van der Waals surface area contributed by atoms with Crippen molar-refractivity contribution >= 4 is 0 Å². The van der Waals surface area contributed by atoms with Gasteiger partial charge in [0.1, 0.15) is 0 Å². The van der Waals surface area contributed by atoms with Gasteiger partial charge in [-0.2, -0.15) is 0 Å². The van der Waals surface area contributed by atoms with Crippen molar-refractivity contribution in [2.24, 2.45) is 0 Å². The molecule has 1 heteroatoms. The fourth-order valence-electron chi connectivity index (χ4n) is 4.21. The van der Waals surface area contributed by atoms with Crippen molar-refractivity contribution in [3.05, 3.63) is 69.8 Å². The summed E-state index contributed by atoms with van der Waals surface area (Å²) in [5, 5.41) is 3.94. The van der Waals surface area contributed by atoms with Gasteiger partial charge in [0.15, 0.2) is 0 Å². The van der Waals surface area contributed by atoms with Crippen molar-refractivity contribution in [3.63, 3.8) is 0 Å². The van der Waals surface area contributed by atoms with Crippen molar-refractivity contribution in [3.8, 4) is 0 Å². The predicted molar refractivity (Wildman–Crippen MR) is 104 cm³/mol. The lowest BCUT2D eigenvalue weighted by Gasteiger charge is -2.40. The average molecular weight is 322 g/mol. The molecule has 0 bridgehead atoms. The Morgan fingerprint density at radius 3 is 2.21 bits per heavy atom. The van der Waals surface area contributed by atoms with Crippen molar-refractivity contribution in [2.75, 3.05) is 0 Å². The highest BCUT2D eigenvalue weighted by Gasteiger charge is 2.34. The number of hydrogen-bond acceptors (Lipinski definition) is 1. The molecule has 0 fully saturated rings. The van der Waals surface area contributed by atoms with Crippen LogP contribution in [0.25, 0.3) is 0 Å². The molecule has 0 aliphatic heterocycles. The zero-order chi connectivity index (χ0) is 17.5. The van der Waals surface area contributed by atoms with E-state index < -0.39 is 0 Å². The van der Waals surface area contributed by atoms with Gasteiger partial charge in [-0.05, 0) is 76.6 Å². The van der Waals surface area contributed by atoms with E-state index in [1.807, 2.05) is 0 Å². The lowest BCUT2D eigenvalue weighted by molar-refractivity contribution is 0.306. The molecule has 1 nitrogen and oxygen atoms in total. The first-order valence-corrected chi connectivity index (χ1v) is 9.19. The Labute approximate surface area is 147 Å². The minimum absolute atomic E-state index is 0.0968. The average Bonchev–Trinajstić information content (AvgIpc) is 2.46. The van der Waals surface area contributed by atoms with Crippen LogP contribution in [-0.4, -0.2) is 5.54 Å². The van der Waals surface area contributed by atoms with E-state index in [0.29, 0.717) is 12.0 Å². The van der Waals surface area contributed by atoms with E-state index >= 15 is 0 Å². The summed E-state index contributed by atoms with van der Waals surface area (Å²) in [6.45, 7) is 13.5. The zero-order valence-electron chi connectivity index (χ0n) is 16.0. The summed E-state index contributed by atoms with van der Waals surface area (Å²) in [6.07, 6.45) is 2.39. The Hall–Kier alpha value is -1.60. The second-order valence-electron chi connectivity index (χ2n) is 8.58. The van der Waals surface area contributed by atoms with E-state index in [-0.39, 0.29) is 5.54 Å². The summed E-state index contributed by atoms with van der Waals surface area (Å²) in [5.41, 5.74) is 8.79. The van der Waals surface area contributed by atoms with E-state index in [0.717, 1.165) is 0 Å². The molecule has 0 saturated carbocycles. The fourth-order valence-corrected chi connectivity index (χ4v) is 4.21. The van der Waals surface area contributed by atoms with Gasteiger partial charge in [0, 0.05) is 17.5 Å². The van der Waals surface area contributed by atoms with Crippen molar-refractivity contribution in [2.45, 2.75) is 71.9 Å². The third kappa shape index (κ3) is 3.57. The van der Waals surface area contributed by atoms with Crippen LogP contribution in [0.15, 0.2) is 36.4 Å². The largest absolute Gasteiger partial charge is 0.305 e. The standard InChI is InChI=1S/C23H31N/c1-15-7-9-18(10-8-15)20-12-11-19-14-16(2)13-17(3)21(19)22(20)24-23(4,5)6/h7-10,13-14,20,22,24H,11-12H2,1-6H3/t20-,22+/m1/s1. The number of hydrogen-bond donors (Lipinski definition) is 1. The molecule has 2 aromatic carbocycles. The minimum Gasteiger partial charge on any atom is -0.305 e. The van der Waals surface area contributed by atoms with Crippen LogP contribution in [0.5, 0.6) is 0 Å². The maximum absolute atomic E-state index is 3.94. The molecule has 3 rings (SSSR count). The van der Waals surface area contributed by atoms with Gasteiger partial charge in [-0.25, -0.2) is 0 Å². The smallest absolute Gasteiger partial charge is 0.0399 e. The number of nitrogens with one attached hydrogen (secondary N) is 1. The summed E-state index contributed by atoms with van der Waals surface area (Å²) in [5.74, 6) is 0.540. The zero-order valence-corrected chi connectivity index (χ0v) is 16.0. The second kappa shape index (κ2) is 6.37. The summed E-state index contributed by atoms with van der Waals surface area (Å²) < 4.78 is 0. The quantitative estimate of drug-likeness (QED) is 0.740. The molecule has 0 spiro atoms. The van der Waals surface area contributed by atoms with Crippen LogP contribution < -0.4 is 5.32 Å². The van der Waals surface area contributed by atoms with Gasteiger partial charge in [-0.1, -0.05) is 47.5 Å². The fraction of sp³-hybridized carbons (Fsp3) is 0.478. The molecule has 24 heavy (non-hydrogen) atoms. The van der Waals surface area contributed by atoms with E-state index in [4.69, 9.17) is 0 Å². The molecular weight excluding hydrogens is 290 g/mol. The number of rotatable bonds is 2. The van der Waals surface area contributed by atoms with Crippen LogP contribution in [0.4, 0.5) is 0 Å². The van der Waals surface area contributed by atoms with Gasteiger partial charge in [0.05, 0.1) is 0 Å². The lowest BCUT2D eigenvalue weighted by atomic mass is 9.73. The first kappa shape index (κ1) is 17.2. The number of fused-ring (bicyclic) bond motifs is 1. The van der Waals surface area contributed by atoms with Crippen LogP contribution in [-0.2, 0) is 6.42 Å². The highest BCUT2D eigenvalue weighted by molar-refractivity contribution is 5.45. The molecule has 0 heterocycles. The van der Waals surface area contributed by atoms with Crippen LogP contribution in [0.2, 0.25) is 0 Å². The molecule has 2 atom stereocenters. The third-order valence-electron chi connectivity index (χ3n) is 5.15. The first-order chi connectivity index (χ1) is 11.2. The second-order valence-corrected chi connectivity index (χ2v) is 8.58. The molecule has 0 saturated heterocycles. The normalized spacial score (nSPS) is 20.8. The van der Waals surface area contributed by atoms with Crippen LogP contribution in [0.3, 0.4) is 0 Å². The molecule has 0 amide bonds. The van der Waals surface area contributed by atoms with Crippen LogP contribution in [0, 0.1) is 20.8 Å². The molecule has 0 radical (unpaired) electrons. The van der Waals surface area contributed by atoms with Gasteiger partial charge < -0.3 is 5.32 Å². The summed E-state index contributed by atoms with van der Waals surface area (Å²) in [4.78, 5) is 0. The predicted octanol–water partition coefficient (Wildman–Crippen LogP) is 5.77. The molecule has 128 valence electrons. The lowest BCUT2D eigenvalue weighted by Crippen LogP contribution is -2.43. The van der Waals surface area contributed by atoms with E-state index in [9.17, 15) is 0 Å². The Morgan fingerprint density at radius 2 is 1.58 bits per heavy atom. The van der Waals surface area contributed by atoms with Crippen molar-refractivity contribution in [1.29, 1.82) is 0 Å². The molecule has 1 N–H and O–H groups in total. The van der Waals surface area contributed by atoms with E-state index in [1.54, 1.807) is 0 Å². The van der Waals surface area contributed by atoms with Crippen molar-refractivity contribution < 1.29 is 0 Å². The molecular formula is C23H31N. The monoisotopic (exact) mass is 321 g/mol. The maximum Gasteiger partial charge on any atom is 0.0399 e. The van der Waals surface area contributed by atoms with Gasteiger partial charge in [-0.15, -0.1) is 0 Å². The SMILES string of the molecule is Cc1ccc([C@H]2CCc3cc(C)cc(C)c3[C@H]2NC(C)(C)C)cc1. The Morgan fingerprint density at radius 1 is 0.917 bits per heavy atom. The number of benzene rings is 2. The van der Waals surface area contributed by atoms with E-state index in [1.165, 1.54) is 46.2 Å².